The van der Waals surface area contributed by atoms with Crippen LogP contribution in [-0.4, -0.2) is 41.0 Å². The van der Waals surface area contributed by atoms with Crippen molar-refractivity contribution in [2.75, 3.05) is 13.1 Å². The number of benzene rings is 1. The van der Waals surface area contributed by atoms with Gasteiger partial charge in [0.05, 0.1) is 6.10 Å². The minimum absolute atomic E-state index is 0. The Bertz CT molecular complexity index is 703. The summed E-state index contributed by atoms with van der Waals surface area (Å²) in [5.74, 6) is 0.828. The first-order valence-corrected chi connectivity index (χ1v) is 9.20. The van der Waals surface area contributed by atoms with E-state index in [-0.39, 0.29) is 30.5 Å². The van der Waals surface area contributed by atoms with Crippen molar-refractivity contribution in [1.29, 1.82) is 0 Å². The Morgan fingerprint density at radius 2 is 2.12 bits per heavy atom. The van der Waals surface area contributed by atoms with Gasteiger partial charge in [-0.05, 0) is 51.0 Å². The van der Waals surface area contributed by atoms with Gasteiger partial charge in [0.2, 0.25) is 0 Å². The van der Waals surface area contributed by atoms with E-state index in [1.807, 2.05) is 48.4 Å². The van der Waals surface area contributed by atoms with Gasteiger partial charge in [-0.3, -0.25) is 4.79 Å². The number of nitrogens with zero attached hydrogens (tertiary/aromatic N) is 2. The van der Waals surface area contributed by atoms with Crippen LogP contribution in [0.1, 0.15) is 37.2 Å². The predicted octanol–water partition coefficient (Wildman–Crippen LogP) is 3.58. The summed E-state index contributed by atoms with van der Waals surface area (Å²) in [5, 5.41) is 2.68. The van der Waals surface area contributed by atoms with Crippen molar-refractivity contribution in [2.24, 2.45) is 5.73 Å². The van der Waals surface area contributed by atoms with Crippen molar-refractivity contribution < 1.29 is 9.53 Å². The van der Waals surface area contributed by atoms with Crippen LogP contribution in [0.4, 0.5) is 0 Å². The molecular formula is C18H24ClN3O2S. The predicted molar refractivity (Wildman–Crippen MR) is 104 cm³/mol. The van der Waals surface area contributed by atoms with Gasteiger partial charge in [-0.15, -0.1) is 23.7 Å². The number of thiazole rings is 1. The third kappa shape index (κ3) is 4.51. The van der Waals surface area contributed by atoms with Crippen LogP contribution in [0, 0.1) is 0 Å². The van der Waals surface area contributed by atoms with E-state index in [2.05, 4.69) is 4.98 Å². The molecule has 25 heavy (non-hydrogen) atoms. The second-order valence-corrected chi connectivity index (χ2v) is 7.12. The second-order valence-electron chi connectivity index (χ2n) is 6.26. The van der Waals surface area contributed by atoms with Crippen LogP contribution in [-0.2, 0) is 0 Å². The van der Waals surface area contributed by atoms with Crippen LogP contribution in [0.2, 0.25) is 0 Å². The summed E-state index contributed by atoms with van der Waals surface area (Å²) in [4.78, 5) is 19.0. The van der Waals surface area contributed by atoms with Gasteiger partial charge in [-0.1, -0.05) is 0 Å². The molecule has 1 saturated heterocycles. The number of halogens is 1. The number of nitrogens with two attached hydrogens (primary N) is 1. The molecule has 3 rings (SSSR count). The van der Waals surface area contributed by atoms with Crippen molar-refractivity contribution in [3.63, 3.8) is 0 Å². The molecule has 0 bridgehead atoms. The lowest BCUT2D eigenvalue weighted by atomic mass is 10.2. The second kappa shape index (κ2) is 8.65. The number of rotatable bonds is 5. The highest BCUT2D eigenvalue weighted by molar-refractivity contribution is 7.13. The Balaban J connectivity index is 0.00000225. The standard InChI is InChI=1S/C18H23N3O2S.ClH/c1-12(2)23-15-7-5-13(6-8-15)17-20-16(11-24-17)18(22)21-9-3-4-14(21)10-19;/h5-8,11-12,14H,3-4,9-10,19H2,1-2H3;1H. The molecule has 1 fully saturated rings. The molecule has 2 aromatic rings. The number of amides is 1. The average Bonchev–Trinajstić information content (AvgIpc) is 3.23. The summed E-state index contributed by atoms with van der Waals surface area (Å²) in [6, 6.07) is 7.97. The van der Waals surface area contributed by atoms with E-state index < -0.39 is 0 Å². The van der Waals surface area contributed by atoms with E-state index >= 15 is 0 Å². The molecule has 1 aliphatic rings. The van der Waals surface area contributed by atoms with Gasteiger partial charge < -0.3 is 15.4 Å². The van der Waals surface area contributed by atoms with Gasteiger partial charge in [-0.2, -0.15) is 0 Å². The van der Waals surface area contributed by atoms with Crippen molar-refractivity contribution in [3.05, 3.63) is 35.3 Å². The van der Waals surface area contributed by atoms with Crippen LogP contribution in [0.3, 0.4) is 0 Å². The molecule has 2 N–H and O–H groups in total. The highest BCUT2D eigenvalue weighted by Crippen LogP contribution is 2.27. The number of likely N-dealkylation sites (tertiary alicyclic amines) is 1. The lowest BCUT2D eigenvalue weighted by molar-refractivity contribution is 0.0736. The fraction of sp³-hybridized carbons (Fsp3) is 0.444. The molecule has 1 amide bonds. The van der Waals surface area contributed by atoms with Gasteiger partial charge >= 0.3 is 0 Å². The third-order valence-electron chi connectivity index (χ3n) is 4.11. The summed E-state index contributed by atoms with van der Waals surface area (Å²) in [6.07, 6.45) is 2.15. The fourth-order valence-corrected chi connectivity index (χ4v) is 3.75. The summed E-state index contributed by atoms with van der Waals surface area (Å²) >= 11 is 1.49. The van der Waals surface area contributed by atoms with Crippen LogP contribution in [0.15, 0.2) is 29.6 Å². The fourth-order valence-electron chi connectivity index (χ4n) is 2.95. The van der Waals surface area contributed by atoms with Gasteiger partial charge in [0.1, 0.15) is 16.5 Å². The Morgan fingerprint density at radius 1 is 1.40 bits per heavy atom. The topological polar surface area (TPSA) is 68.5 Å². The highest BCUT2D eigenvalue weighted by Gasteiger charge is 2.29. The first-order chi connectivity index (χ1) is 11.6. The van der Waals surface area contributed by atoms with Crippen LogP contribution < -0.4 is 10.5 Å². The maximum Gasteiger partial charge on any atom is 0.273 e. The Labute approximate surface area is 158 Å². The molecule has 1 aliphatic heterocycles. The SMILES string of the molecule is CC(C)Oc1ccc(-c2nc(C(=O)N3CCCC3CN)cs2)cc1.Cl. The molecule has 1 atom stereocenters. The average molecular weight is 382 g/mol. The molecule has 1 unspecified atom stereocenters. The Morgan fingerprint density at radius 3 is 2.76 bits per heavy atom. The highest BCUT2D eigenvalue weighted by atomic mass is 35.5. The molecule has 136 valence electrons. The molecule has 7 heteroatoms. The molecule has 0 aliphatic carbocycles. The van der Waals surface area contributed by atoms with Gasteiger partial charge in [0, 0.05) is 30.1 Å². The summed E-state index contributed by atoms with van der Waals surface area (Å²) < 4.78 is 5.65. The monoisotopic (exact) mass is 381 g/mol. The van der Waals surface area contributed by atoms with E-state index in [4.69, 9.17) is 10.5 Å². The smallest absolute Gasteiger partial charge is 0.273 e. The normalized spacial score (nSPS) is 16.8. The van der Waals surface area contributed by atoms with E-state index in [9.17, 15) is 4.79 Å². The molecule has 1 aromatic carbocycles. The summed E-state index contributed by atoms with van der Waals surface area (Å²) in [6.45, 7) is 5.29. The molecule has 5 nitrogen and oxygen atoms in total. The molecule has 0 saturated carbocycles. The van der Waals surface area contributed by atoms with Gasteiger partial charge in [0.15, 0.2) is 0 Å². The van der Waals surface area contributed by atoms with Gasteiger partial charge in [-0.25, -0.2) is 4.98 Å². The lowest BCUT2D eigenvalue weighted by Gasteiger charge is -2.22. The van der Waals surface area contributed by atoms with E-state index in [0.717, 1.165) is 35.7 Å². The first-order valence-electron chi connectivity index (χ1n) is 8.32. The number of ether oxygens (including phenoxy) is 1. The Kier molecular flexibility index (Phi) is 6.81. The minimum atomic E-state index is -0.00906. The first kappa shape index (κ1) is 19.7. The van der Waals surface area contributed by atoms with E-state index in [1.165, 1.54) is 11.3 Å². The zero-order chi connectivity index (χ0) is 17.1. The molecule has 1 aromatic heterocycles. The zero-order valence-electron chi connectivity index (χ0n) is 14.5. The number of aromatic nitrogens is 1. The molecule has 0 radical (unpaired) electrons. The maximum absolute atomic E-state index is 12.6. The molecular weight excluding hydrogens is 358 g/mol. The number of hydrogen-bond acceptors (Lipinski definition) is 5. The maximum atomic E-state index is 12.6. The van der Waals surface area contributed by atoms with Crippen LogP contribution >= 0.6 is 23.7 Å². The lowest BCUT2D eigenvalue weighted by Crippen LogP contribution is -2.40. The minimum Gasteiger partial charge on any atom is -0.491 e. The Hall–Kier alpha value is -1.63. The zero-order valence-corrected chi connectivity index (χ0v) is 16.1. The third-order valence-corrected chi connectivity index (χ3v) is 5.00. The van der Waals surface area contributed by atoms with Crippen molar-refractivity contribution in [1.82, 2.24) is 9.88 Å². The van der Waals surface area contributed by atoms with Crippen LogP contribution in [0.5, 0.6) is 5.75 Å². The quantitative estimate of drug-likeness (QED) is 0.859. The number of carbonyl (C=O) groups excluding carboxylic acids is 1. The largest absolute Gasteiger partial charge is 0.491 e. The summed E-state index contributed by atoms with van der Waals surface area (Å²) in [7, 11) is 0. The van der Waals surface area contributed by atoms with E-state index in [1.54, 1.807) is 0 Å². The molecule has 2 heterocycles. The number of carbonyl (C=O) groups is 1. The number of hydrogen-bond donors (Lipinski definition) is 1. The summed E-state index contributed by atoms with van der Waals surface area (Å²) in [5.41, 5.74) is 7.27. The van der Waals surface area contributed by atoms with Crippen molar-refractivity contribution in [2.45, 2.75) is 38.8 Å². The van der Waals surface area contributed by atoms with Crippen molar-refractivity contribution >= 4 is 29.7 Å². The van der Waals surface area contributed by atoms with Gasteiger partial charge in [0.25, 0.3) is 5.91 Å². The van der Waals surface area contributed by atoms with E-state index in [0.29, 0.717) is 12.2 Å². The van der Waals surface area contributed by atoms with Crippen LogP contribution in [0.25, 0.3) is 10.6 Å². The molecule has 0 spiro atoms. The van der Waals surface area contributed by atoms with Crippen molar-refractivity contribution in [3.8, 4) is 16.3 Å².